The van der Waals surface area contributed by atoms with Crippen molar-refractivity contribution in [2.45, 2.75) is 18.5 Å². The number of nitrogens with zero attached hydrogens (tertiary/aromatic N) is 2. The van der Waals surface area contributed by atoms with Crippen molar-refractivity contribution in [1.29, 1.82) is 0 Å². The molecule has 0 saturated heterocycles. The Labute approximate surface area is 169 Å². The Hall–Kier alpha value is -3.62. The van der Waals surface area contributed by atoms with Crippen LogP contribution >= 0.6 is 0 Å². The molecule has 1 aromatic heterocycles. The van der Waals surface area contributed by atoms with Gasteiger partial charge in [-0.25, -0.2) is 0 Å². The fraction of sp³-hybridized carbons (Fsp3) is 0.190. The van der Waals surface area contributed by atoms with Gasteiger partial charge in [0.2, 0.25) is 5.91 Å². The number of benzene rings is 2. The van der Waals surface area contributed by atoms with Crippen molar-refractivity contribution in [2.75, 3.05) is 10.6 Å². The summed E-state index contributed by atoms with van der Waals surface area (Å²) in [5.41, 5.74) is -0.130. The largest absolute Gasteiger partial charge is 0.417 e. The van der Waals surface area contributed by atoms with Gasteiger partial charge in [0.1, 0.15) is 5.82 Å². The van der Waals surface area contributed by atoms with E-state index in [0.717, 1.165) is 17.7 Å². The third-order valence-electron chi connectivity index (χ3n) is 4.99. The number of amides is 2. The summed E-state index contributed by atoms with van der Waals surface area (Å²) in [5.74, 6) is -1.01. The topological polar surface area (TPSA) is 76.0 Å². The van der Waals surface area contributed by atoms with Crippen LogP contribution in [-0.2, 0) is 18.0 Å². The van der Waals surface area contributed by atoms with Crippen LogP contribution < -0.4 is 10.6 Å². The number of carbonyl (C=O) groups is 2. The van der Waals surface area contributed by atoms with Crippen molar-refractivity contribution >= 4 is 23.5 Å². The van der Waals surface area contributed by atoms with Crippen LogP contribution in [-0.4, -0.2) is 21.6 Å². The van der Waals surface area contributed by atoms with Gasteiger partial charge in [-0.15, -0.1) is 0 Å². The van der Waals surface area contributed by atoms with Crippen LogP contribution in [0.25, 0.3) is 0 Å². The summed E-state index contributed by atoms with van der Waals surface area (Å²) >= 11 is 0. The Bertz CT molecular complexity index is 1120. The summed E-state index contributed by atoms with van der Waals surface area (Å²) in [6.45, 7) is 0. The Morgan fingerprint density at radius 1 is 1.13 bits per heavy atom. The maximum Gasteiger partial charge on any atom is 0.417 e. The summed E-state index contributed by atoms with van der Waals surface area (Å²) in [4.78, 5) is 24.9. The number of carbonyl (C=O) groups excluding carboxylic acids is 2. The first kappa shape index (κ1) is 19.7. The van der Waals surface area contributed by atoms with Gasteiger partial charge in [0.05, 0.1) is 11.1 Å². The minimum atomic E-state index is -4.67. The summed E-state index contributed by atoms with van der Waals surface area (Å²) in [6.07, 6.45) is -4.54. The third kappa shape index (κ3) is 3.54. The number of anilines is 2. The van der Waals surface area contributed by atoms with Crippen LogP contribution in [0.3, 0.4) is 0 Å². The lowest BCUT2D eigenvalue weighted by atomic mass is 9.86. The molecule has 1 atom stereocenters. The van der Waals surface area contributed by atoms with E-state index in [0.29, 0.717) is 11.4 Å². The molecule has 0 radical (unpaired) electrons. The molecular formula is C21H17F3N4O2. The minimum absolute atomic E-state index is 0.114. The van der Waals surface area contributed by atoms with Crippen molar-refractivity contribution in [3.63, 3.8) is 0 Å². The molecule has 1 aliphatic heterocycles. The number of hydrogen-bond acceptors (Lipinski definition) is 3. The van der Waals surface area contributed by atoms with Crippen LogP contribution in [0, 0.1) is 0 Å². The number of alkyl halides is 3. The van der Waals surface area contributed by atoms with Crippen molar-refractivity contribution in [3.8, 4) is 0 Å². The molecule has 3 aromatic rings. The first-order chi connectivity index (χ1) is 14.3. The lowest BCUT2D eigenvalue weighted by molar-refractivity contribution is -0.137. The average molecular weight is 414 g/mol. The van der Waals surface area contributed by atoms with Gasteiger partial charge in [0.15, 0.2) is 5.82 Å². The fourth-order valence-electron chi connectivity index (χ4n) is 3.65. The number of aryl methyl sites for hydroxylation is 1. The molecule has 2 heterocycles. The lowest BCUT2D eigenvalue weighted by Gasteiger charge is -2.24. The van der Waals surface area contributed by atoms with Crippen molar-refractivity contribution < 1.29 is 22.8 Å². The molecule has 2 amide bonds. The average Bonchev–Trinajstić information content (AvgIpc) is 3.02. The Morgan fingerprint density at radius 3 is 2.50 bits per heavy atom. The molecule has 1 unspecified atom stereocenters. The van der Waals surface area contributed by atoms with E-state index < -0.39 is 29.1 Å². The Balaban J connectivity index is 1.75. The van der Waals surface area contributed by atoms with Gasteiger partial charge >= 0.3 is 6.18 Å². The van der Waals surface area contributed by atoms with Crippen molar-refractivity contribution in [2.24, 2.45) is 7.05 Å². The second kappa shape index (κ2) is 7.33. The van der Waals surface area contributed by atoms with Crippen LogP contribution in [0.4, 0.5) is 24.8 Å². The maximum absolute atomic E-state index is 13.3. The number of fused-ring (bicyclic) bond motifs is 1. The quantitative estimate of drug-likeness (QED) is 0.676. The van der Waals surface area contributed by atoms with Gasteiger partial charge in [0.25, 0.3) is 5.91 Å². The SMILES string of the molecule is Cn1nc(NC(=O)c2ccccc2C(F)(F)F)c2c1NC(=O)CC2c1ccccc1. The number of rotatable bonds is 3. The predicted molar refractivity (Wildman–Crippen MR) is 104 cm³/mol. The number of nitrogens with one attached hydrogen (secondary N) is 2. The molecule has 2 aromatic carbocycles. The highest BCUT2D eigenvalue weighted by Crippen LogP contribution is 2.41. The summed E-state index contributed by atoms with van der Waals surface area (Å²) in [7, 11) is 1.59. The monoisotopic (exact) mass is 414 g/mol. The number of hydrogen-bond donors (Lipinski definition) is 2. The van der Waals surface area contributed by atoms with Gasteiger partial charge in [-0.3, -0.25) is 14.3 Å². The molecular weight excluding hydrogens is 397 g/mol. The molecule has 154 valence electrons. The van der Waals surface area contributed by atoms with Crippen molar-refractivity contribution in [3.05, 3.63) is 76.9 Å². The van der Waals surface area contributed by atoms with E-state index in [4.69, 9.17) is 0 Å². The van der Waals surface area contributed by atoms with E-state index in [9.17, 15) is 22.8 Å². The van der Waals surface area contributed by atoms with Gasteiger partial charge in [0, 0.05) is 24.9 Å². The molecule has 4 rings (SSSR count). The zero-order valence-corrected chi connectivity index (χ0v) is 15.8. The first-order valence-electron chi connectivity index (χ1n) is 9.15. The van der Waals surface area contributed by atoms with E-state index >= 15 is 0 Å². The standard InChI is InChI=1S/C21H17F3N4O2/c1-28-19-17(14(11-16(29)25-19)12-7-3-2-4-8-12)18(27-28)26-20(30)13-9-5-6-10-15(13)21(22,23)24/h2-10,14H,11H2,1H3,(H,25,29)(H,26,27,30). The van der Waals surface area contributed by atoms with Crippen LogP contribution in [0.2, 0.25) is 0 Å². The highest BCUT2D eigenvalue weighted by Gasteiger charge is 2.37. The molecule has 6 nitrogen and oxygen atoms in total. The number of aromatic nitrogens is 2. The highest BCUT2D eigenvalue weighted by molar-refractivity contribution is 6.06. The second-order valence-electron chi connectivity index (χ2n) is 6.95. The van der Waals surface area contributed by atoms with Gasteiger partial charge in [-0.2, -0.15) is 18.3 Å². The fourth-order valence-corrected chi connectivity index (χ4v) is 3.65. The predicted octanol–water partition coefficient (Wildman–Crippen LogP) is 4.17. The summed E-state index contributed by atoms with van der Waals surface area (Å²) in [6, 6.07) is 13.8. The van der Waals surface area contributed by atoms with E-state index in [-0.39, 0.29) is 18.1 Å². The van der Waals surface area contributed by atoms with Gasteiger partial charge in [-0.05, 0) is 17.7 Å². The molecule has 1 aliphatic rings. The van der Waals surface area contributed by atoms with Crippen LogP contribution in [0.15, 0.2) is 54.6 Å². The van der Waals surface area contributed by atoms with Gasteiger partial charge < -0.3 is 10.6 Å². The van der Waals surface area contributed by atoms with Gasteiger partial charge in [-0.1, -0.05) is 42.5 Å². The van der Waals surface area contributed by atoms with Crippen LogP contribution in [0.1, 0.15) is 39.4 Å². The third-order valence-corrected chi connectivity index (χ3v) is 4.99. The maximum atomic E-state index is 13.3. The molecule has 0 spiro atoms. The summed E-state index contributed by atoms with van der Waals surface area (Å²) < 4.78 is 41.3. The normalized spacial score (nSPS) is 16.0. The first-order valence-corrected chi connectivity index (χ1v) is 9.15. The molecule has 9 heteroatoms. The van der Waals surface area contributed by atoms with E-state index in [1.165, 1.54) is 16.8 Å². The van der Waals surface area contributed by atoms with Crippen molar-refractivity contribution in [1.82, 2.24) is 9.78 Å². The Kier molecular flexibility index (Phi) is 4.81. The number of halogens is 3. The molecule has 0 bridgehead atoms. The Morgan fingerprint density at radius 2 is 1.80 bits per heavy atom. The molecule has 0 aliphatic carbocycles. The van der Waals surface area contributed by atoms with Crippen LogP contribution in [0.5, 0.6) is 0 Å². The zero-order chi connectivity index (χ0) is 21.5. The molecule has 30 heavy (non-hydrogen) atoms. The smallest absolute Gasteiger partial charge is 0.311 e. The minimum Gasteiger partial charge on any atom is -0.311 e. The lowest BCUT2D eigenvalue weighted by Crippen LogP contribution is -2.25. The zero-order valence-electron chi connectivity index (χ0n) is 15.8. The molecule has 2 N–H and O–H groups in total. The van der Waals surface area contributed by atoms with E-state index in [2.05, 4.69) is 15.7 Å². The van der Waals surface area contributed by atoms with E-state index in [1.807, 2.05) is 30.3 Å². The highest BCUT2D eigenvalue weighted by atomic mass is 19.4. The molecule has 0 saturated carbocycles. The van der Waals surface area contributed by atoms with E-state index in [1.54, 1.807) is 7.05 Å². The summed E-state index contributed by atoms with van der Waals surface area (Å²) in [5, 5.41) is 9.49. The molecule has 0 fully saturated rings. The second-order valence-corrected chi connectivity index (χ2v) is 6.95.